The van der Waals surface area contributed by atoms with E-state index < -0.39 is 22.2 Å². The van der Waals surface area contributed by atoms with Gasteiger partial charge in [0.25, 0.3) is 5.91 Å². The molecule has 218 valence electrons. The molecule has 1 fully saturated rings. The van der Waals surface area contributed by atoms with Crippen molar-refractivity contribution < 1.29 is 27.9 Å². The lowest BCUT2D eigenvalue weighted by atomic mass is 9.96. The summed E-state index contributed by atoms with van der Waals surface area (Å²) in [5, 5.41) is 15.7. The van der Waals surface area contributed by atoms with E-state index in [1.807, 2.05) is 6.92 Å². The van der Waals surface area contributed by atoms with Gasteiger partial charge in [-0.05, 0) is 50.1 Å². The molecule has 1 saturated carbocycles. The van der Waals surface area contributed by atoms with Gasteiger partial charge in [0.1, 0.15) is 11.9 Å². The number of hydrogen-bond acceptors (Lipinski definition) is 6. The molecule has 1 heterocycles. The molecule has 1 aliphatic heterocycles. The number of nitrogens with one attached hydrogen (secondary N) is 2. The summed E-state index contributed by atoms with van der Waals surface area (Å²) in [4.78, 5) is 28.1. The van der Waals surface area contributed by atoms with Crippen LogP contribution in [-0.4, -0.2) is 79.6 Å². The van der Waals surface area contributed by atoms with Crippen molar-refractivity contribution in [2.24, 2.45) is 5.92 Å². The highest BCUT2D eigenvalue weighted by molar-refractivity contribution is 7.89. The minimum absolute atomic E-state index is 0.0527. The van der Waals surface area contributed by atoms with Crippen LogP contribution in [0.25, 0.3) is 0 Å². The second kappa shape index (κ2) is 13.0. The molecule has 0 aromatic heterocycles. The summed E-state index contributed by atoms with van der Waals surface area (Å²) in [5.74, 6) is -0.289. The number of ether oxygens (including phenoxy) is 1. The second-order valence-electron chi connectivity index (χ2n) is 10.9. The zero-order chi connectivity index (χ0) is 28.9. The van der Waals surface area contributed by atoms with Gasteiger partial charge in [0, 0.05) is 31.2 Å². The molecular formula is C29H40N4O6S. The normalized spacial score (nSPS) is 21.1. The van der Waals surface area contributed by atoms with Crippen LogP contribution in [0.5, 0.6) is 5.75 Å². The summed E-state index contributed by atoms with van der Waals surface area (Å²) < 4.78 is 34.0. The number of urea groups is 1. The van der Waals surface area contributed by atoms with Gasteiger partial charge in [0.15, 0.2) is 0 Å². The lowest BCUT2D eigenvalue weighted by Crippen LogP contribution is -2.50. The van der Waals surface area contributed by atoms with Gasteiger partial charge in [0.2, 0.25) is 10.0 Å². The first-order valence-electron chi connectivity index (χ1n) is 13.9. The monoisotopic (exact) mass is 572 g/mol. The Bertz CT molecular complexity index is 1280. The van der Waals surface area contributed by atoms with E-state index in [9.17, 15) is 23.1 Å². The third-order valence-corrected chi connectivity index (χ3v) is 9.59. The molecule has 0 spiro atoms. The minimum Gasteiger partial charge on any atom is -0.488 e. The average molecular weight is 573 g/mol. The lowest BCUT2D eigenvalue weighted by Gasteiger charge is -2.38. The number of aliphatic hydroxyl groups excluding tert-OH is 1. The number of sulfonamides is 1. The van der Waals surface area contributed by atoms with Crippen molar-refractivity contribution >= 4 is 27.6 Å². The van der Waals surface area contributed by atoms with E-state index in [4.69, 9.17) is 4.74 Å². The summed E-state index contributed by atoms with van der Waals surface area (Å²) >= 11 is 0. The molecule has 2 aromatic carbocycles. The number of benzene rings is 2. The zero-order valence-electron chi connectivity index (χ0n) is 23.4. The Kier molecular flexibility index (Phi) is 9.70. The van der Waals surface area contributed by atoms with Crippen LogP contribution in [0.3, 0.4) is 0 Å². The molecule has 3 atom stereocenters. The smallest absolute Gasteiger partial charge is 0.319 e. The number of carbonyl (C=O) groups is 2. The van der Waals surface area contributed by atoms with Gasteiger partial charge < -0.3 is 25.4 Å². The third kappa shape index (κ3) is 6.94. The third-order valence-electron chi connectivity index (χ3n) is 7.75. The maximum absolute atomic E-state index is 13.7. The van der Waals surface area contributed by atoms with Gasteiger partial charge in [-0.3, -0.25) is 4.79 Å². The van der Waals surface area contributed by atoms with Crippen molar-refractivity contribution in [1.29, 1.82) is 0 Å². The lowest BCUT2D eigenvalue weighted by molar-refractivity contribution is 0.0387. The molecule has 3 amide bonds. The van der Waals surface area contributed by atoms with Gasteiger partial charge in [-0.2, -0.15) is 4.31 Å². The second-order valence-corrected chi connectivity index (χ2v) is 12.9. The van der Waals surface area contributed by atoms with Crippen LogP contribution in [0.1, 0.15) is 56.3 Å². The van der Waals surface area contributed by atoms with E-state index in [1.165, 1.54) is 17.8 Å². The van der Waals surface area contributed by atoms with Crippen molar-refractivity contribution in [3.8, 4) is 5.75 Å². The number of hydrogen-bond donors (Lipinski definition) is 3. The molecular weight excluding hydrogens is 532 g/mol. The number of likely N-dealkylation sites (N-methyl/N-ethyl adjacent to an activating group) is 1. The first-order valence-corrected chi connectivity index (χ1v) is 15.4. The number of nitrogens with zero attached hydrogens (tertiary/aromatic N) is 2. The Hall–Kier alpha value is -3.15. The van der Waals surface area contributed by atoms with E-state index in [2.05, 4.69) is 10.6 Å². The summed E-state index contributed by atoms with van der Waals surface area (Å²) in [7, 11) is -2.25. The zero-order valence-corrected chi connectivity index (χ0v) is 24.2. The number of amides is 3. The number of aliphatic hydroxyl groups is 1. The van der Waals surface area contributed by atoms with Crippen LogP contribution in [-0.2, 0) is 10.0 Å². The van der Waals surface area contributed by atoms with E-state index in [1.54, 1.807) is 60.4 Å². The van der Waals surface area contributed by atoms with Crippen LogP contribution in [0, 0.1) is 5.92 Å². The number of carbonyl (C=O) groups excluding carboxylic acids is 2. The highest BCUT2D eigenvalue weighted by atomic mass is 32.2. The van der Waals surface area contributed by atoms with Crippen LogP contribution in [0.2, 0.25) is 0 Å². The Labute approximate surface area is 236 Å². The van der Waals surface area contributed by atoms with Crippen LogP contribution >= 0.6 is 0 Å². The molecule has 0 saturated heterocycles. The SMILES string of the molecule is C[C@@H]1CN([C@@H](C)CO)C(=O)c2cc(NC(=O)NC3CCCCC3)ccc2O[C@H]1CN(C)S(=O)(=O)c1ccccc1. The van der Waals surface area contributed by atoms with E-state index in [-0.39, 0.29) is 54.1 Å². The molecule has 0 bridgehead atoms. The quantitative estimate of drug-likeness (QED) is 0.443. The molecule has 10 nitrogen and oxygen atoms in total. The van der Waals surface area contributed by atoms with Crippen molar-refractivity contribution in [2.75, 3.05) is 32.1 Å². The molecule has 2 aliphatic rings. The van der Waals surface area contributed by atoms with E-state index in [0.717, 1.165) is 25.7 Å². The number of rotatable bonds is 8. The summed E-state index contributed by atoms with van der Waals surface area (Å²) in [5.41, 5.74) is 0.677. The predicted molar refractivity (Wildman–Crippen MR) is 153 cm³/mol. The highest BCUT2D eigenvalue weighted by Crippen LogP contribution is 2.31. The average Bonchev–Trinajstić information content (AvgIpc) is 2.95. The molecule has 40 heavy (non-hydrogen) atoms. The van der Waals surface area contributed by atoms with Crippen molar-refractivity contribution in [1.82, 2.24) is 14.5 Å². The fourth-order valence-electron chi connectivity index (χ4n) is 5.24. The Morgan fingerprint density at radius 1 is 1.15 bits per heavy atom. The first-order chi connectivity index (χ1) is 19.1. The molecule has 11 heteroatoms. The Morgan fingerprint density at radius 2 is 1.85 bits per heavy atom. The summed E-state index contributed by atoms with van der Waals surface area (Å²) in [6.07, 6.45) is 4.68. The van der Waals surface area contributed by atoms with Crippen molar-refractivity contribution in [3.63, 3.8) is 0 Å². The minimum atomic E-state index is -3.76. The van der Waals surface area contributed by atoms with Crippen molar-refractivity contribution in [3.05, 3.63) is 54.1 Å². The van der Waals surface area contributed by atoms with Gasteiger partial charge in [-0.25, -0.2) is 13.2 Å². The van der Waals surface area contributed by atoms with Crippen LogP contribution in [0.15, 0.2) is 53.4 Å². The summed E-state index contributed by atoms with van der Waals surface area (Å²) in [6, 6.07) is 12.4. The van der Waals surface area contributed by atoms with Crippen LogP contribution in [0.4, 0.5) is 10.5 Å². The van der Waals surface area contributed by atoms with Crippen LogP contribution < -0.4 is 15.4 Å². The molecule has 2 aromatic rings. The molecule has 0 radical (unpaired) electrons. The van der Waals surface area contributed by atoms with Crippen molar-refractivity contribution in [2.45, 2.75) is 69.0 Å². The highest BCUT2D eigenvalue weighted by Gasteiger charge is 2.35. The van der Waals surface area contributed by atoms with E-state index in [0.29, 0.717) is 11.4 Å². The van der Waals surface area contributed by atoms with Gasteiger partial charge in [0.05, 0.1) is 29.7 Å². The molecule has 0 unspecified atom stereocenters. The van der Waals surface area contributed by atoms with Gasteiger partial charge in [-0.15, -0.1) is 0 Å². The van der Waals surface area contributed by atoms with Gasteiger partial charge >= 0.3 is 6.03 Å². The first kappa shape index (κ1) is 29.8. The molecule has 1 aliphatic carbocycles. The van der Waals surface area contributed by atoms with E-state index >= 15 is 0 Å². The maximum Gasteiger partial charge on any atom is 0.319 e. The number of fused-ring (bicyclic) bond motifs is 1. The largest absolute Gasteiger partial charge is 0.488 e. The maximum atomic E-state index is 13.7. The fraction of sp³-hybridized carbons (Fsp3) is 0.517. The fourth-order valence-corrected chi connectivity index (χ4v) is 6.45. The number of anilines is 1. The standard InChI is InChI=1S/C29H40N4O6S/c1-20-17-33(21(2)19-34)28(35)25-16-23(31-29(36)30-22-10-6-4-7-11-22)14-15-26(25)39-27(20)18-32(3)40(37,38)24-12-8-5-9-13-24/h5,8-9,12-16,20-22,27,34H,4,6-7,10-11,17-19H2,1-3H3,(H2,30,31,36)/t20-,21+,27+/m1/s1. The Balaban J connectivity index is 1.59. The molecule has 3 N–H and O–H groups in total. The Morgan fingerprint density at radius 3 is 2.52 bits per heavy atom. The summed E-state index contributed by atoms with van der Waals surface area (Å²) in [6.45, 7) is 3.73. The van der Waals surface area contributed by atoms with Gasteiger partial charge in [-0.1, -0.05) is 44.4 Å². The topological polar surface area (TPSA) is 128 Å². The molecule has 4 rings (SSSR count). The predicted octanol–water partition coefficient (Wildman–Crippen LogP) is 3.68.